The van der Waals surface area contributed by atoms with E-state index in [1.807, 2.05) is 0 Å². The largest absolute Gasteiger partial charge is 0.316 e. The van der Waals surface area contributed by atoms with Gasteiger partial charge in [-0.3, -0.25) is 0 Å². The molecule has 14 heavy (non-hydrogen) atoms. The van der Waals surface area contributed by atoms with Crippen LogP contribution in [0.3, 0.4) is 0 Å². The minimum atomic E-state index is -2.03. The first-order chi connectivity index (χ1) is 8.21. The smallest absolute Gasteiger partial charge is 0.0431 e. The van der Waals surface area contributed by atoms with Crippen molar-refractivity contribution in [2.75, 3.05) is 13.0 Å². The maximum atomic E-state index is 8.26. The van der Waals surface area contributed by atoms with Crippen molar-refractivity contribution in [2.24, 2.45) is 5.89 Å². The molecule has 0 amide bonds. The molecular formula is C11H13Cl2N. The summed E-state index contributed by atoms with van der Waals surface area (Å²) in [4.78, 5) is 0. The molecule has 1 aromatic rings. The van der Waals surface area contributed by atoms with Gasteiger partial charge in [0, 0.05) is 23.8 Å². The highest BCUT2D eigenvalue weighted by molar-refractivity contribution is 6.30. The average Bonchev–Trinajstić information content (AvgIpc) is 2.55. The SMILES string of the molecule is Cl.[2H]C1([2H])NCC2(c3ccc(Cl)cc3)C([2H])([2H])C12[2H]. The predicted molar refractivity (Wildman–Crippen MR) is 61.4 cm³/mol. The van der Waals surface area contributed by atoms with Crippen molar-refractivity contribution in [3.63, 3.8) is 0 Å². The molecular weight excluding hydrogens is 217 g/mol. The maximum Gasteiger partial charge on any atom is 0.0431 e. The second-order valence-electron chi connectivity index (χ2n) is 3.39. The van der Waals surface area contributed by atoms with Crippen molar-refractivity contribution in [2.45, 2.75) is 11.8 Å². The van der Waals surface area contributed by atoms with E-state index in [2.05, 4.69) is 5.32 Å². The van der Waals surface area contributed by atoms with E-state index in [-0.39, 0.29) is 19.0 Å². The summed E-state index contributed by atoms with van der Waals surface area (Å²) in [5.41, 5.74) is -0.505. The molecule has 1 heterocycles. The normalized spacial score (nSPS) is 51.1. The third kappa shape index (κ3) is 1.35. The third-order valence-corrected chi connectivity index (χ3v) is 2.86. The molecule has 3 heteroatoms. The third-order valence-electron chi connectivity index (χ3n) is 2.61. The number of hydrogen-bond donors (Lipinski definition) is 1. The lowest BCUT2D eigenvalue weighted by atomic mass is 9.95. The van der Waals surface area contributed by atoms with Crippen molar-refractivity contribution in [1.29, 1.82) is 0 Å². The summed E-state index contributed by atoms with van der Waals surface area (Å²) in [6.45, 7) is -1.91. The van der Waals surface area contributed by atoms with Gasteiger partial charge in [-0.25, -0.2) is 0 Å². The first-order valence-electron chi connectivity index (χ1n) is 6.72. The maximum absolute atomic E-state index is 8.26. The quantitative estimate of drug-likeness (QED) is 0.789. The van der Waals surface area contributed by atoms with Crippen LogP contribution in [0.2, 0.25) is 5.02 Å². The molecule has 0 radical (unpaired) electrons. The molecule has 2 unspecified atom stereocenters. The molecule has 76 valence electrons. The van der Waals surface area contributed by atoms with Crippen LogP contribution in [0.1, 0.15) is 18.8 Å². The van der Waals surface area contributed by atoms with Crippen LogP contribution in [-0.2, 0) is 5.41 Å². The monoisotopic (exact) mass is 234 g/mol. The van der Waals surface area contributed by atoms with E-state index in [4.69, 9.17) is 18.5 Å². The second-order valence-corrected chi connectivity index (χ2v) is 3.83. The Morgan fingerprint density at radius 2 is 2.21 bits per heavy atom. The Bertz CT molecular complexity index is 520. The van der Waals surface area contributed by atoms with Crippen LogP contribution in [0.4, 0.5) is 0 Å². The van der Waals surface area contributed by atoms with Gasteiger partial charge in [-0.1, -0.05) is 23.7 Å². The summed E-state index contributed by atoms with van der Waals surface area (Å²) in [5.74, 6) is -1.79. The van der Waals surface area contributed by atoms with Crippen molar-refractivity contribution in [1.82, 2.24) is 5.32 Å². The van der Waals surface area contributed by atoms with Crippen LogP contribution in [0.25, 0.3) is 0 Å². The van der Waals surface area contributed by atoms with Gasteiger partial charge >= 0.3 is 0 Å². The van der Waals surface area contributed by atoms with Gasteiger partial charge in [-0.2, -0.15) is 0 Å². The highest BCUT2D eigenvalue weighted by Crippen LogP contribution is 2.56. The molecule has 2 aliphatic rings. The van der Waals surface area contributed by atoms with Gasteiger partial charge < -0.3 is 5.32 Å². The fourth-order valence-corrected chi connectivity index (χ4v) is 1.90. The van der Waals surface area contributed by atoms with E-state index < -0.39 is 24.2 Å². The Kier molecular flexibility index (Phi) is 1.40. The van der Waals surface area contributed by atoms with Crippen molar-refractivity contribution in [3.8, 4) is 0 Å². The lowest BCUT2D eigenvalue weighted by Crippen LogP contribution is -2.18. The Hall–Kier alpha value is -0.240. The van der Waals surface area contributed by atoms with E-state index in [0.29, 0.717) is 10.6 Å². The summed E-state index contributed by atoms with van der Waals surface area (Å²) >= 11 is 5.81. The molecule has 1 aliphatic heterocycles. The van der Waals surface area contributed by atoms with Crippen LogP contribution in [0.5, 0.6) is 0 Å². The van der Waals surface area contributed by atoms with Gasteiger partial charge in [-0.05, 0) is 36.5 Å². The number of benzene rings is 1. The van der Waals surface area contributed by atoms with Gasteiger partial charge in [0.15, 0.2) is 0 Å². The van der Waals surface area contributed by atoms with Crippen molar-refractivity contribution in [3.05, 3.63) is 34.9 Å². The molecule has 2 atom stereocenters. The highest BCUT2D eigenvalue weighted by Gasteiger charge is 2.57. The number of piperidine rings is 1. The second kappa shape index (κ2) is 3.41. The average molecular weight is 235 g/mol. The lowest BCUT2D eigenvalue weighted by Gasteiger charge is -2.11. The van der Waals surface area contributed by atoms with E-state index in [1.54, 1.807) is 24.3 Å². The van der Waals surface area contributed by atoms with E-state index >= 15 is 0 Å². The molecule has 0 bridgehead atoms. The van der Waals surface area contributed by atoms with Gasteiger partial charge in [0.05, 0.1) is 0 Å². The summed E-state index contributed by atoms with van der Waals surface area (Å²) < 4.78 is 39.9. The number of rotatable bonds is 1. The lowest BCUT2D eigenvalue weighted by molar-refractivity contribution is 0.676. The molecule has 2 fully saturated rings. The van der Waals surface area contributed by atoms with E-state index in [9.17, 15) is 0 Å². The van der Waals surface area contributed by atoms with Gasteiger partial charge in [-0.15, -0.1) is 12.4 Å². The first-order valence-corrected chi connectivity index (χ1v) is 4.60. The number of nitrogens with one attached hydrogen (secondary N) is 1. The standard InChI is InChI=1S/C11H12ClN.ClH/c12-10-3-1-8(2-4-10)11-5-9(11)6-13-7-11;/h1-4,9,13H,5-7H2;1H/i5D2,6D2,9D;. The summed E-state index contributed by atoms with van der Waals surface area (Å²) in [5, 5.41) is 3.16. The zero-order chi connectivity index (χ0) is 13.4. The van der Waals surface area contributed by atoms with E-state index in [1.165, 1.54) is 0 Å². The van der Waals surface area contributed by atoms with Crippen LogP contribution in [-0.4, -0.2) is 13.0 Å². The Balaban J connectivity index is 0.00000133. The molecule has 1 saturated heterocycles. The van der Waals surface area contributed by atoms with Gasteiger partial charge in [0.25, 0.3) is 0 Å². The molecule has 1 aliphatic carbocycles. The summed E-state index contributed by atoms with van der Waals surface area (Å²) in [7, 11) is 0. The van der Waals surface area contributed by atoms with Crippen LogP contribution in [0.15, 0.2) is 24.3 Å². The summed E-state index contributed by atoms with van der Waals surface area (Å²) in [6, 6.07) is 6.65. The Labute approximate surface area is 102 Å². The fourth-order valence-electron chi connectivity index (χ4n) is 1.77. The van der Waals surface area contributed by atoms with E-state index in [0.717, 1.165) is 0 Å². The molecule has 1 N–H and O–H groups in total. The topological polar surface area (TPSA) is 12.0 Å². The minimum Gasteiger partial charge on any atom is -0.316 e. The summed E-state index contributed by atoms with van der Waals surface area (Å²) in [6.07, 6.45) is -1.89. The molecule has 1 saturated carbocycles. The predicted octanol–water partition coefficient (Wildman–Crippen LogP) is 2.62. The Morgan fingerprint density at radius 1 is 1.50 bits per heavy atom. The van der Waals surface area contributed by atoms with Gasteiger partial charge in [0.2, 0.25) is 0 Å². The highest BCUT2D eigenvalue weighted by atomic mass is 35.5. The Morgan fingerprint density at radius 3 is 2.79 bits per heavy atom. The zero-order valence-corrected chi connectivity index (χ0v) is 8.88. The molecule has 1 nitrogen and oxygen atoms in total. The van der Waals surface area contributed by atoms with Crippen LogP contribution < -0.4 is 5.32 Å². The molecule has 1 aromatic carbocycles. The molecule has 0 aromatic heterocycles. The first kappa shape index (κ1) is 5.74. The molecule has 0 spiro atoms. The minimum absolute atomic E-state index is 0. The fraction of sp³-hybridized carbons (Fsp3) is 0.455. The van der Waals surface area contributed by atoms with Crippen molar-refractivity contribution < 1.29 is 6.85 Å². The van der Waals surface area contributed by atoms with Crippen LogP contribution in [0, 0.1) is 5.89 Å². The zero-order valence-electron chi connectivity index (χ0n) is 12.3. The number of fused-ring (bicyclic) bond motifs is 1. The van der Waals surface area contributed by atoms with Crippen molar-refractivity contribution >= 4 is 24.0 Å². The van der Waals surface area contributed by atoms with Gasteiger partial charge in [0.1, 0.15) is 0 Å². The number of hydrogen-bond acceptors (Lipinski definition) is 1. The van der Waals surface area contributed by atoms with Crippen LogP contribution >= 0.6 is 24.0 Å². The molecule has 3 rings (SSSR count). The number of halogens is 2.